The Balaban J connectivity index is 1.35. The Kier molecular flexibility index (Phi) is 7.63. The van der Waals surface area contributed by atoms with Crippen LogP contribution in [0.2, 0.25) is 0 Å². The molecule has 180 valence electrons. The summed E-state index contributed by atoms with van der Waals surface area (Å²) >= 11 is 0. The molecule has 4 heteroatoms. The highest BCUT2D eigenvalue weighted by Gasteiger charge is 2.30. The molecule has 0 unspecified atom stereocenters. The van der Waals surface area contributed by atoms with Crippen molar-refractivity contribution in [1.82, 2.24) is 4.90 Å². The number of fused-ring (bicyclic) bond motifs is 1. The summed E-state index contributed by atoms with van der Waals surface area (Å²) in [6, 6.07) is 13.2. The van der Waals surface area contributed by atoms with E-state index < -0.39 is 0 Å². The molecule has 1 saturated carbocycles. The molecule has 4 rings (SSSR count). The van der Waals surface area contributed by atoms with E-state index in [-0.39, 0.29) is 11.9 Å². The topological polar surface area (TPSA) is 38.8 Å². The van der Waals surface area contributed by atoms with Gasteiger partial charge in [-0.25, -0.2) is 0 Å². The quantitative estimate of drug-likeness (QED) is 0.464. The highest BCUT2D eigenvalue weighted by Crippen LogP contribution is 2.39. The smallest absolute Gasteiger partial charge is 0.309 e. The number of rotatable bonds is 6. The first-order valence-electron chi connectivity index (χ1n) is 12.9. The number of esters is 1. The molecule has 0 spiro atoms. The van der Waals surface area contributed by atoms with Crippen LogP contribution in [0.15, 0.2) is 36.4 Å². The van der Waals surface area contributed by atoms with Gasteiger partial charge in [0.05, 0.1) is 18.6 Å². The van der Waals surface area contributed by atoms with E-state index in [2.05, 4.69) is 62.1 Å². The Hall–Kier alpha value is -2.07. The fraction of sp³-hybridized carbons (Fsp3) is 0.621. The van der Waals surface area contributed by atoms with E-state index >= 15 is 0 Å². The zero-order chi connectivity index (χ0) is 23.4. The van der Waals surface area contributed by atoms with E-state index in [1.165, 1.54) is 29.2 Å². The van der Waals surface area contributed by atoms with Gasteiger partial charge in [-0.3, -0.25) is 9.69 Å². The van der Waals surface area contributed by atoms with Crippen molar-refractivity contribution >= 4 is 16.7 Å². The molecule has 2 fully saturated rings. The lowest BCUT2D eigenvalue weighted by Gasteiger charge is -2.37. The van der Waals surface area contributed by atoms with Crippen LogP contribution in [0.5, 0.6) is 5.75 Å². The maximum Gasteiger partial charge on any atom is 0.309 e. The first kappa shape index (κ1) is 24.1. The van der Waals surface area contributed by atoms with Crippen molar-refractivity contribution in [3.63, 3.8) is 0 Å². The first-order chi connectivity index (χ1) is 15.8. The standard InChI is InChI=1S/C29H41NO3/c1-5-32-28(31)22-15-17-30(18-16-22)20-21-9-14-26-23(19-21)7-6-8-27(26)33-25-12-10-24(11-13-25)29(2,3)4/h6-9,14,19,22,24-25H,5,10-13,15-18,20H2,1-4H3. The van der Waals surface area contributed by atoms with Crippen molar-refractivity contribution in [2.45, 2.75) is 78.9 Å². The minimum atomic E-state index is -0.0257. The zero-order valence-corrected chi connectivity index (χ0v) is 20.9. The molecule has 2 aromatic rings. The molecule has 0 aromatic heterocycles. The highest BCUT2D eigenvalue weighted by atomic mass is 16.5. The molecule has 0 atom stereocenters. The van der Waals surface area contributed by atoms with Gasteiger partial charge >= 0.3 is 5.97 Å². The normalized spacial score (nSPS) is 22.9. The number of nitrogens with zero attached hydrogens (tertiary/aromatic N) is 1. The number of piperidine rings is 1. The van der Waals surface area contributed by atoms with Gasteiger partial charge in [-0.1, -0.05) is 45.0 Å². The number of likely N-dealkylation sites (tertiary alicyclic amines) is 1. The summed E-state index contributed by atoms with van der Waals surface area (Å²) in [7, 11) is 0. The number of hydrogen-bond acceptors (Lipinski definition) is 4. The molecule has 1 heterocycles. The van der Waals surface area contributed by atoms with Crippen molar-refractivity contribution in [2.24, 2.45) is 17.3 Å². The van der Waals surface area contributed by atoms with Crippen LogP contribution in [0, 0.1) is 17.3 Å². The van der Waals surface area contributed by atoms with Crippen molar-refractivity contribution < 1.29 is 14.3 Å². The Morgan fingerprint density at radius 3 is 2.39 bits per heavy atom. The van der Waals surface area contributed by atoms with Crippen LogP contribution in [0.3, 0.4) is 0 Å². The fourth-order valence-corrected chi connectivity index (χ4v) is 5.58. The molecule has 2 aliphatic rings. The van der Waals surface area contributed by atoms with E-state index in [1.807, 2.05) is 6.92 Å². The van der Waals surface area contributed by atoms with Crippen LogP contribution in [0.25, 0.3) is 10.8 Å². The Bertz CT molecular complexity index is 932. The van der Waals surface area contributed by atoms with E-state index in [1.54, 1.807) is 0 Å². The molecule has 1 aliphatic carbocycles. The third kappa shape index (κ3) is 6.09. The maximum absolute atomic E-state index is 12.0. The highest BCUT2D eigenvalue weighted by molar-refractivity contribution is 5.88. The second kappa shape index (κ2) is 10.5. The lowest BCUT2D eigenvalue weighted by atomic mass is 9.72. The average Bonchev–Trinajstić information content (AvgIpc) is 2.79. The van der Waals surface area contributed by atoms with Gasteiger partial charge in [-0.2, -0.15) is 0 Å². The van der Waals surface area contributed by atoms with Crippen molar-refractivity contribution in [1.29, 1.82) is 0 Å². The Morgan fingerprint density at radius 1 is 1.00 bits per heavy atom. The van der Waals surface area contributed by atoms with Crippen LogP contribution >= 0.6 is 0 Å². The summed E-state index contributed by atoms with van der Waals surface area (Å²) in [5.74, 6) is 1.86. The first-order valence-corrected chi connectivity index (χ1v) is 12.9. The number of benzene rings is 2. The van der Waals surface area contributed by atoms with Crippen molar-refractivity contribution in [3.8, 4) is 5.75 Å². The SMILES string of the molecule is CCOC(=O)C1CCN(Cc2ccc3c(OC4CCC(C(C)(C)C)CC4)cccc3c2)CC1. The van der Waals surface area contributed by atoms with E-state index in [4.69, 9.17) is 9.47 Å². The van der Waals surface area contributed by atoms with Gasteiger partial charge in [0.15, 0.2) is 0 Å². The summed E-state index contributed by atoms with van der Waals surface area (Å²) in [5.41, 5.74) is 1.72. The van der Waals surface area contributed by atoms with E-state index in [0.717, 1.165) is 57.0 Å². The lowest BCUT2D eigenvalue weighted by Crippen LogP contribution is -2.36. The molecule has 1 aliphatic heterocycles. The van der Waals surface area contributed by atoms with Crippen LogP contribution in [-0.2, 0) is 16.1 Å². The van der Waals surface area contributed by atoms with Crippen LogP contribution in [-0.4, -0.2) is 36.7 Å². The number of carbonyl (C=O) groups is 1. The van der Waals surface area contributed by atoms with Crippen molar-refractivity contribution in [3.05, 3.63) is 42.0 Å². The Labute approximate surface area is 199 Å². The molecule has 0 N–H and O–H groups in total. The van der Waals surface area contributed by atoms with Crippen LogP contribution in [0.4, 0.5) is 0 Å². The maximum atomic E-state index is 12.0. The average molecular weight is 452 g/mol. The van der Waals surface area contributed by atoms with Crippen molar-refractivity contribution in [2.75, 3.05) is 19.7 Å². The largest absolute Gasteiger partial charge is 0.490 e. The van der Waals surface area contributed by atoms with Gasteiger partial charge in [0.2, 0.25) is 0 Å². The van der Waals surface area contributed by atoms with Gasteiger partial charge in [-0.15, -0.1) is 0 Å². The van der Waals surface area contributed by atoms with Crippen LogP contribution < -0.4 is 4.74 Å². The Morgan fingerprint density at radius 2 is 1.73 bits per heavy atom. The third-order valence-electron chi connectivity index (χ3n) is 7.71. The summed E-state index contributed by atoms with van der Waals surface area (Å²) in [6.45, 7) is 12.3. The molecule has 0 amide bonds. The number of carbonyl (C=O) groups excluding carboxylic acids is 1. The van der Waals surface area contributed by atoms with Gasteiger partial charge in [0.25, 0.3) is 0 Å². The van der Waals surface area contributed by atoms with E-state index in [9.17, 15) is 4.79 Å². The third-order valence-corrected chi connectivity index (χ3v) is 7.71. The summed E-state index contributed by atoms with van der Waals surface area (Å²) in [6.07, 6.45) is 6.93. The number of ether oxygens (including phenoxy) is 2. The molecule has 0 radical (unpaired) electrons. The molecular formula is C29H41NO3. The number of hydrogen-bond donors (Lipinski definition) is 0. The zero-order valence-electron chi connectivity index (χ0n) is 20.9. The van der Waals surface area contributed by atoms with Gasteiger partial charge < -0.3 is 9.47 Å². The lowest BCUT2D eigenvalue weighted by molar-refractivity contribution is -0.149. The fourth-order valence-electron chi connectivity index (χ4n) is 5.58. The second-order valence-corrected chi connectivity index (χ2v) is 11.1. The van der Waals surface area contributed by atoms with Crippen LogP contribution in [0.1, 0.15) is 71.8 Å². The molecule has 0 bridgehead atoms. The minimum Gasteiger partial charge on any atom is -0.490 e. The van der Waals surface area contributed by atoms with Gasteiger partial charge in [0.1, 0.15) is 5.75 Å². The minimum absolute atomic E-state index is 0.0257. The summed E-state index contributed by atoms with van der Waals surface area (Å²) in [4.78, 5) is 14.4. The molecule has 1 saturated heterocycles. The summed E-state index contributed by atoms with van der Waals surface area (Å²) in [5, 5.41) is 2.45. The predicted octanol–water partition coefficient (Wildman–Crippen LogP) is 6.60. The molecule has 33 heavy (non-hydrogen) atoms. The van der Waals surface area contributed by atoms with E-state index in [0.29, 0.717) is 18.1 Å². The summed E-state index contributed by atoms with van der Waals surface area (Å²) < 4.78 is 11.7. The second-order valence-electron chi connectivity index (χ2n) is 11.1. The van der Waals surface area contributed by atoms with Gasteiger partial charge in [0, 0.05) is 11.9 Å². The monoisotopic (exact) mass is 451 g/mol. The predicted molar refractivity (Wildman–Crippen MR) is 134 cm³/mol. The van der Waals surface area contributed by atoms with Gasteiger partial charge in [-0.05, 0) is 93.0 Å². The molecule has 2 aromatic carbocycles. The molecule has 4 nitrogen and oxygen atoms in total. The molecular weight excluding hydrogens is 410 g/mol.